The van der Waals surface area contributed by atoms with Crippen molar-refractivity contribution in [3.8, 4) is 0 Å². The molecule has 9 heteroatoms. The van der Waals surface area contributed by atoms with Gasteiger partial charge in [-0.1, -0.05) is 0 Å². The van der Waals surface area contributed by atoms with E-state index in [1.54, 1.807) is 12.3 Å². The number of nitrogens with one attached hydrogen (secondary N) is 2. The highest BCUT2D eigenvalue weighted by Gasteiger charge is 2.30. The summed E-state index contributed by atoms with van der Waals surface area (Å²) in [5, 5.41) is 5.85. The average molecular weight is 387 g/mol. The molecule has 1 aliphatic rings. The number of rotatable bonds is 3. The Morgan fingerprint density at radius 3 is 2.27 bits per heavy atom. The molecule has 26 heavy (non-hydrogen) atoms. The first-order valence-electron chi connectivity index (χ1n) is 7.84. The number of pyridine rings is 1. The number of benzene rings is 1. The van der Waals surface area contributed by atoms with Gasteiger partial charge in [0.2, 0.25) is 0 Å². The molecule has 1 fully saturated rings. The van der Waals surface area contributed by atoms with Crippen LogP contribution in [0.15, 0.2) is 42.6 Å². The van der Waals surface area contributed by atoms with E-state index >= 15 is 0 Å². The fourth-order valence-corrected chi connectivity index (χ4v) is 2.57. The predicted octanol–water partition coefficient (Wildman–Crippen LogP) is 3.18. The summed E-state index contributed by atoms with van der Waals surface area (Å²) in [4.78, 5) is 18.5. The van der Waals surface area contributed by atoms with Gasteiger partial charge >= 0.3 is 6.18 Å². The number of hydrogen-bond donors (Lipinski definition) is 2. The van der Waals surface area contributed by atoms with Crippen LogP contribution in [0.1, 0.15) is 15.9 Å². The lowest BCUT2D eigenvalue weighted by Gasteiger charge is -2.29. The molecule has 140 valence electrons. The fraction of sp³-hybridized carbons (Fsp3) is 0.294. The third-order valence-electron chi connectivity index (χ3n) is 3.95. The van der Waals surface area contributed by atoms with Crippen LogP contribution < -0.4 is 15.5 Å². The van der Waals surface area contributed by atoms with Crippen molar-refractivity contribution < 1.29 is 18.0 Å². The number of piperazine rings is 1. The normalized spacial score (nSPS) is 14.5. The van der Waals surface area contributed by atoms with Gasteiger partial charge in [0.25, 0.3) is 5.91 Å². The van der Waals surface area contributed by atoms with Crippen LogP contribution in [0.4, 0.5) is 24.7 Å². The number of alkyl halides is 3. The average Bonchev–Trinajstić information content (AvgIpc) is 2.62. The Morgan fingerprint density at radius 1 is 1.08 bits per heavy atom. The molecule has 2 aromatic rings. The number of nitrogens with zero attached hydrogens (tertiary/aromatic N) is 2. The zero-order valence-electron chi connectivity index (χ0n) is 13.7. The van der Waals surface area contributed by atoms with E-state index in [9.17, 15) is 18.0 Å². The monoisotopic (exact) mass is 386 g/mol. The Kier molecular flexibility index (Phi) is 6.44. The van der Waals surface area contributed by atoms with Gasteiger partial charge in [-0.25, -0.2) is 4.98 Å². The third kappa shape index (κ3) is 4.86. The Morgan fingerprint density at radius 2 is 1.73 bits per heavy atom. The summed E-state index contributed by atoms with van der Waals surface area (Å²) >= 11 is 0. The lowest BCUT2D eigenvalue weighted by atomic mass is 10.1. The summed E-state index contributed by atoms with van der Waals surface area (Å²) in [6.07, 6.45) is -2.75. The molecule has 0 atom stereocenters. The first kappa shape index (κ1) is 20.0. The van der Waals surface area contributed by atoms with Crippen LogP contribution >= 0.6 is 12.4 Å². The number of amides is 1. The van der Waals surface area contributed by atoms with Crippen LogP contribution in [-0.4, -0.2) is 37.1 Å². The predicted molar refractivity (Wildman–Crippen MR) is 96.0 cm³/mol. The highest BCUT2D eigenvalue weighted by molar-refractivity contribution is 6.03. The lowest BCUT2D eigenvalue weighted by molar-refractivity contribution is -0.137. The second kappa shape index (κ2) is 8.37. The van der Waals surface area contributed by atoms with Crippen molar-refractivity contribution in [3.05, 3.63) is 53.7 Å². The molecular weight excluding hydrogens is 369 g/mol. The van der Waals surface area contributed by atoms with Crippen LogP contribution in [-0.2, 0) is 6.18 Å². The standard InChI is InChI=1S/C17H17F3N4O.ClH/c18-17(19,20)13-3-1-12(2-4-13)16(25)23-15-6-5-14(11-22-15)24-9-7-21-8-10-24;/h1-6,11,21H,7-10H2,(H,22,23,25);1H. The molecule has 0 aliphatic carbocycles. The van der Waals surface area contributed by atoms with E-state index in [0.717, 1.165) is 56.1 Å². The molecule has 0 radical (unpaired) electrons. The number of hydrogen-bond acceptors (Lipinski definition) is 4. The third-order valence-corrected chi connectivity index (χ3v) is 3.95. The minimum atomic E-state index is -4.42. The zero-order valence-corrected chi connectivity index (χ0v) is 14.5. The molecular formula is C17H18ClF3N4O. The first-order valence-corrected chi connectivity index (χ1v) is 7.84. The zero-order chi connectivity index (χ0) is 17.9. The number of anilines is 2. The highest BCUT2D eigenvalue weighted by Crippen LogP contribution is 2.29. The van der Waals surface area contributed by atoms with Gasteiger partial charge < -0.3 is 15.5 Å². The summed E-state index contributed by atoms with van der Waals surface area (Å²) in [5.74, 6) is -0.153. The van der Waals surface area contributed by atoms with E-state index in [1.165, 1.54) is 0 Å². The molecule has 1 saturated heterocycles. The largest absolute Gasteiger partial charge is 0.416 e. The van der Waals surface area contributed by atoms with E-state index in [4.69, 9.17) is 0 Å². The molecule has 0 spiro atoms. The van der Waals surface area contributed by atoms with E-state index in [0.29, 0.717) is 5.82 Å². The van der Waals surface area contributed by atoms with Crippen LogP contribution in [0, 0.1) is 0 Å². The van der Waals surface area contributed by atoms with Crippen molar-refractivity contribution in [1.29, 1.82) is 0 Å². The molecule has 2 N–H and O–H groups in total. The summed E-state index contributed by atoms with van der Waals surface area (Å²) < 4.78 is 37.6. The second-order valence-electron chi connectivity index (χ2n) is 5.67. The van der Waals surface area contributed by atoms with Gasteiger partial charge in [-0.05, 0) is 36.4 Å². The molecule has 0 saturated carbocycles. The quantitative estimate of drug-likeness (QED) is 0.850. The first-order chi connectivity index (χ1) is 11.9. The molecule has 1 aliphatic heterocycles. The van der Waals surface area contributed by atoms with Crippen molar-refractivity contribution >= 4 is 29.8 Å². The van der Waals surface area contributed by atoms with E-state index in [2.05, 4.69) is 20.5 Å². The Balaban J connectivity index is 0.00000243. The topological polar surface area (TPSA) is 57.3 Å². The van der Waals surface area contributed by atoms with E-state index in [-0.39, 0.29) is 18.0 Å². The smallest absolute Gasteiger partial charge is 0.368 e. The van der Waals surface area contributed by atoms with Gasteiger partial charge in [-0.15, -0.1) is 12.4 Å². The number of aromatic nitrogens is 1. The van der Waals surface area contributed by atoms with Gasteiger partial charge in [-0.2, -0.15) is 13.2 Å². The molecule has 3 rings (SSSR count). The van der Waals surface area contributed by atoms with Crippen molar-refractivity contribution in [1.82, 2.24) is 10.3 Å². The molecule has 2 heterocycles. The van der Waals surface area contributed by atoms with Crippen LogP contribution in [0.2, 0.25) is 0 Å². The number of carbonyl (C=O) groups excluding carboxylic acids is 1. The Hall–Kier alpha value is -2.32. The van der Waals surface area contributed by atoms with Gasteiger partial charge in [0.15, 0.2) is 0 Å². The summed E-state index contributed by atoms with van der Waals surface area (Å²) in [7, 11) is 0. The van der Waals surface area contributed by atoms with Crippen LogP contribution in [0.25, 0.3) is 0 Å². The number of halogens is 4. The van der Waals surface area contributed by atoms with Crippen molar-refractivity contribution in [2.45, 2.75) is 6.18 Å². The molecule has 1 aromatic carbocycles. The molecule has 5 nitrogen and oxygen atoms in total. The van der Waals surface area contributed by atoms with E-state index in [1.807, 2.05) is 6.07 Å². The molecule has 1 amide bonds. The summed E-state index contributed by atoms with van der Waals surface area (Å²) in [5.41, 5.74) is 0.317. The molecule has 1 aromatic heterocycles. The van der Waals surface area contributed by atoms with Gasteiger partial charge in [-0.3, -0.25) is 4.79 Å². The Bertz CT molecular complexity index is 729. The summed E-state index contributed by atoms with van der Waals surface area (Å²) in [6.45, 7) is 3.59. The maximum absolute atomic E-state index is 12.5. The van der Waals surface area contributed by atoms with E-state index < -0.39 is 17.6 Å². The highest BCUT2D eigenvalue weighted by atomic mass is 35.5. The molecule has 0 bridgehead atoms. The minimum Gasteiger partial charge on any atom is -0.368 e. The van der Waals surface area contributed by atoms with Crippen molar-refractivity contribution in [3.63, 3.8) is 0 Å². The minimum absolute atomic E-state index is 0. The van der Waals surface area contributed by atoms with Crippen LogP contribution in [0.5, 0.6) is 0 Å². The summed E-state index contributed by atoms with van der Waals surface area (Å²) in [6, 6.07) is 7.60. The molecule has 0 unspecified atom stereocenters. The maximum Gasteiger partial charge on any atom is 0.416 e. The lowest BCUT2D eigenvalue weighted by Crippen LogP contribution is -2.43. The fourth-order valence-electron chi connectivity index (χ4n) is 2.57. The second-order valence-corrected chi connectivity index (χ2v) is 5.67. The Labute approximate surface area is 155 Å². The van der Waals surface area contributed by atoms with Crippen molar-refractivity contribution in [2.24, 2.45) is 0 Å². The SMILES string of the molecule is Cl.O=C(Nc1ccc(N2CCNCC2)cn1)c1ccc(C(F)(F)F)cc1. The van der Waals surface area contributed by atoms with Gasteiger partial charge in [0.1, 0.15) is 5.82 Å². The van der Waals surface area contributed by atoms with Gasteiger partial charge in [0.05, 0.1) is 17.4 Å². The van der Waals surface area contributed by atoms with Crippen LogP contribution in [0.3, 0.4) is 0 Å². The van der Waals surface area contributed by atoms with Crippen molar-refractivity contribution in [2.75, 3.05) is 36.4 Å². The number of carbonyl (C=O) groups is 1. The van der Waals surface area contributed by atoms with Gasteiger partial charge in [0, 0.05) is 31.7 Å². The maximum atomic E-state index is 12.5.